The molecule has 1 amide bonds. The van der Waals surface area contributed by atoms with Crippen molar-refractivity contribution >= 4 is 17.7 Å². The Balaban J connectivity index is 1.56. The molecule has 2 aromatic heterocycles. The van der Waals surface area contributed by atoms with E-state index in [1.54, 1.807) is 24.1 Å². The summed E-state index contributed by atoms with van der Waals surface area (Å²) < 4.78 is 10.8. The Labute approximate surface area is 173 Å². The van der Waals surface area contributed by atoms with E-state index in [9.17, 15) is 4.79 Å². The smallest absolute Gasteiger partial charge is 0.256 e. The van der Waals surface area contributed by atoms with Crippen LogP contribution in [0.4, 0.5) is 0 Å². The highest BCUT2D eigenvalue weighted by Crippen LogP contribution is 2.33. The molecule has 1 saturated heterocycles. The Morgan fingerprint density at radius 2 is 2.10 bits per heavy atom. The first kappa shape index (κ1) is 19.6. The van der Waals surface area contributed by atoms with Crippen molar-refractivity contribution in [2.75, 3.05) is 19.7 Å². The number of aryl methyl sites for hydroxylation is 3. The van der Waals surface area contributed by atoms with E-state index in [1.165, 1.54) is 17.3 Å². The molecule has 0 saturated carbocycles. The number of hydrogen-bond acceptors (Lipinski definition) is 7. The summed E-state index contributed by atoms with van der Waals surface area (Å²) in [6, 6.07) is 9.90. The largest absolute Gasteiger partial charge is 0.366 e. The van der Waals surface area contributed by atoms with Crippen molar-refractivity contribution in [3.05, 3.63) is 64.9 Å². The van der Waals surface area contributed by atoms with E-state index in [4.69, 9.17) is 9.26 Å². The van der Waals surface area contributed by atoms with Crippen LogP contribution in [0.1, 0.15) is 39.3 Å². The summed E-state index contributed by atoms with van der Waals surface area (Å²) in [6.07, 6.45) is 1.32. The van der Waals surface area contributed by atoms with Gasteiger partial charge in [-0.1, -0.05) is 29.1 Å². The molecule has 3 aromatic rings. The Morgan fingerprint density at radius 3 is 2.90 bits per heavy atom. The van der Waals surface area contributed by atoms with Gasteiger partial charge in [-0.3, -0.25) is 4.79 Å². The van der Waals surface area contributed by atoms with E-state index >= 15 is 0 Å². The summed E-state index contributed by atoms with van der Waals surface area (Å²) in [5.74, 6) is 0.877. The van der Waals surface area contributed by atoms with Crippen LogP contribution < -0.4 is 0 Å². The Hall–Kier alpha value is -2.71. The molecule has 1 aliphatic heterocycles. The normalized spacial score (nSPS) is 16.8. The third kappa shape index (κ3) is 4.33. The Morgan fingerprint density at radius 1 is 1.24 bits per heavy atom. The van der Waals surface area contributed by atoms with Gasteiger partial charge in [0.15, 0.2) is 0 Å². The van der Waals surface area contributed by atoms with Gasteiger partial charge in [0.25, 0.3) is 5.91 Å². The lowest BCUT2D eigenvalue weighted by molar-refractivity contribution is -0.0277. The minimum atomic E-state index is -0.392. The van der Waals surface area contributed by atoms with Crippen molar-refractivity contribution in [1.29, 1.82) is 0 Å². The maximum absolute atomic E-state index is 13.3. The van der Waals surface area contributed by atoms with Gasteiger partial charge >= 0.3 is 0 Å². The number of ether oxygens (including phenoxy) is 1. The third-order valence-corrected chi connectivity index (χ3v) is 5.92. The van der Waals surface area contributed by atoms with Crippen LogP contribution in [0.2, 0.25) is 0 Å². The topological polar surface area (TPSA) is 81.4 Å². The van der Waals surface area contributed by atoms with E-state index in [0.29, 0.717) is 42.0 Å². The van der Waals surface area contributed by atoms with Crippen LogP contribution in [0.25, 0.3) is 0 Å². The first-order valence-electron chi connectivity index (χ1n) is 9.42. The van der Waals surface area contributed by atoms with Crippen LogP contribution in [-0.4, -0.2) is 45.6 Å². The van der Waals surface area contributed by atoms with E-state index in [-0.39, 0.29) is 5.91 Å². The Bertz CT molecular complexity index is 1040. The number of carbonyl (C=O) groups excluding carboxylic acids is 1. The molecule has 1 atom stereocenters. The number of rotatable bonds is 4. The summed E-state index contributed by atoms with van der Waals surface area (Å²) >= 11 is 1.52. The van der Waals surface area contributed by atoms with Crippen LogP contribution >= 0.6 is 11.8 Å². The number of hydrogen-bond donors (Lipinski definition) is 0. The third-order valence-electron chi connectivity index (χ3n) is 4.74. The molecule has 0 N–H and O–H groups in total. The summed E-state index contributed by atoms with van der Waals surface area (Å²) in [4.78, 5) is 24.9. The molecule has 8 heteroatoms. The lowest BCUT2D eigenvalue weighted by atomic mass is 10.2. The predicted octanol–water partition coefficient (Wildman–Crippen LogP) is 3.75. The second kappa shape index (κ2) is 8.34. The van der Waals surface area contributed by atoms with Gasteiger partial charge < -0.3 is 14.2 Å². The summed E-state index contributed by atoms with van der Waals surface area (Å²) in [7, 11) is 0. The van der Waals surface area contributed by atoms with Gasteiger partial charge in [0.2, 0.25) is 11.7 Å². The van der Waals surface area contributed by atoms with E-state index in [1.807, 2.05) is 6.07 Å². The average molecular weight is 410 g/mol. The van der Waals surface area contributed by atoms with Crippen LogP contribution in [-0.2, 0) is 4.74 Å². The van der Waals surface area contributed by atoms with Crippen LogP contribution in [0.5, 0.6) is 0 Å². The van der Waals surface area contributed by atoms with E-state index in [0.717, 1.165) is 10.5 Å². The van der Waals surface area contributed by atoms with Crippen molar-refractivity contribution in [2.45, 2.75) is 36.8 Å². The lowest BCUT2D eigenvalue weighted by Gasteiger charge is -2.31. The van der Waals surface area contributed by atoms with Crippen LogP contribution in [0.15, 0.2) is 51.0 Å². The molecule has 1 fully saturated rings. The number of aromatic nitrogens is 3. The minimum absolute atomic E-state index is 0.0700. The van der Waals surface area contributed by atoms with Crippen molar-refractivity contribution in [2.24, 2.45) is 0 Å². The van der Waals surface area contributed by atoms with E-state index < -0.39 is 6.10 Å². The average Bonchev–Trinajstić information content (AvgIpc) is 3.17. The second-order valence-electron chi connectivity index (χ2n) is 7.01. The summed E-state index contributed by atoms with van der Waals surface area (Å²) in [5, 5.41) is 4.63. The first-order chi connectivity index (χ1) is 14.0. The molecule has 0 unspecified atom stereocenters. The number of morpholine rings is 1. The molecule has 0 bridgehead atoms. The molecule has 0 spiro atoms. The van der Waals surface area contributed by atoms with Crippen molar-refractivity contribution in [1.82, 2.24) is 20.0 Å². The fourth-order valence-corrected chi connectivity index (χ4v) is 4.22. The predicted molar refractivity (Wildman–Crippen MR) is 108 cm³/mol. The Kier molecular flexibility index (Phi) is 5.64. The minimum Gasteiger partial charge on any atom is -0.366 e. The summed E-state index contributed by atoms with van der Waals surface area (Å²) in [5.41, 5.74) is 2.92. The maximum Gasteiger partial charge on any atom is 0.256 e. The van der Waals surface area contributed by atoms with Crippen LogP contribution in [0.3, 0.4) is 0 Å². The molecule has 0 radical (unpaired) electrons. The highest BCUT2D eigenvalue weighted by Gasteiger charge is 2.30. The number of nitrogens with zero attached hydrogens (tertiary/aromatic N) is 4. The highest BCUT2D eigenvalue weighted by molar-refractivity contribution is 7.99. The lowest BCUT2D eigenvalue weighted by Crippen LogP contribution is -2.42. The van der Waals surface area contributed by atoms with E-state index in [2.05, 4.69) is 47.2 Å². The standard InChI is InChI=1S/C21H22N4O3S/c1-13-6-7-14(2)18(11-13)29-20-16(5-4-8-22-20)21(26)25-9-10-27-17(12-25)19-23-15(3)28-24-19/h4-8,11,17H,9-10,12H2,1-3H3/t17-/m1/s1. The molecule has 3 heterocycles. The second-order valence-corrected chi connectivity index (χ2v) is 8.04. The monoisotopic (exact) mass is 410 g/mol. The van der Waals surface area contributed by atoms with Gasteiger partial charge in [0, 0.05) is 24.6 Å². The number of amides is 1. The molecule has 4 rings (SSSR count). The van der Waals surface area contributed by atoms with Crippen LogP contribution in [0, 0.1) is 20.8 Å². The van der Waals surface area contributed by atoms with Crippen molar-refractivity contribution < 1.29 is 14.1 Å². The molecule has 0 aliphatic carbocycles. The zero-order valence-corrected chi connectivity index (χ0v) is 17.4. The molecule has 150 valence electrons. The van der Waals surface area contributed by atoms with Gasteiger partial charge in [-0.25, -0.2) is 4.98 Å². The van der Waals surface area contributed by atoms with Crippen molar-refractivity contribution in [3.63, 3.8) is 0 Å². The fraction of sp³-hybridized carbons (Fsp3) is 0.333. The molecule has 7 nitrogen and oxygen atoms in total. The molecule has 1 aliphatic rings. The maximum atomic E-state index is 13.3. The number of benzene rings is 1. The zero-order valence-electron chi connectivity index (χ0n) is 16.6. The van der Waals surface area contributed by atoms with Gasteiger partial charge in [-0.2, -0.15) is 4.98 Å². The first-order valence-corrected chi connectivity index (χ1v) is 10.2. The van der Waals surface area contributed by atoms with Gasteiger partial charge in [-0.05, 0) is 43.2 Å². The zero-order chi connectivity index (χ0) is 20.4. The number of pyridine rings is 1. The quantitative estimate of drug-likeness (QED) is 0.648. The molecular weight excluding hydrogens is 388 g/mol. The number of carbonyl (C=O) groups is 1. The molecular formula is C21H22N4O3S. The van der Waals surface area contributed by atoms with Crippen molar-refractivity contribution in [3.8, 4) is 0 Å². The SMILES string of the molecule is Cc1ccc(C)c(Sc2ncccc2C(=O)N2CCO[C@@H](c3noc(C)n3)C2)c1. The van der Waals surface area contributed by atoms with Gasteiger partial charge in [0.1, 0.15) is 11.1 Å². The summed E-state index contributed by atoms with van der Waals surface area (Å²) in [6.45, 7) is 7.15. The van der Waals surface area contributed by atoms with Gasteiger partial charge in [0.05, 0.1) is 18.7 Å². The fourth-order valence-electron chi connectivity index (χ4n) is 3.16. The highest BCUT2D eigenvalue weighted by atomic mass is 32.2. The molecule has 29 heavy (non-hydrogen) atoms. The van der Waals surface area contributed by atoms with Gasteiger partial charge in [-0.15, -0.1) is 0 Å². The molecule has 1 aromatic carbocycles.